The summed E-state index contributed by atoms with van der Waals surface area (Å²) in [5.74, 6) is -0.892. The zero-order chi connectivity index (χ0) is 55.7. The lowest BCUT2D eigenvalue weighted by Gasteiger charge is -2.18. The van der Waals surface area contributed by atoms with Crippen LogP contribution in [0.3, 0.4) is 0 Å². The molecule has 0 saturated carbocycles. The van der Waals surface area contributed by atoms with E-state index in [-0.39, 0.29) is 31.1 Å². The second-order valence-electron chi connectivity index (χ2n) is 22.0. The Morgan fingerprint density at radius 2 is 0.519 bits per heavy atom. The molecule has 0 N–H and O–H groups in total. The predicted molar refractivity (Wildman–Crippen MR) is 334 cm³/mol. The fraction of sp³-hybridized carbons (Fsp3) is 0.761. The van der Waals surface area contributed by atoms with E-state index in [9.17, 15) is 14.4 Å². The van der Waals surface area contributed by atoms with E-state index in [4.69, 9.17) is 14.2 Å². The van der Waals surface area contributed by atoms with Gasteiger partial charge in [0.2, 0.25) is 0 Å². The molecule has 6 nitrogen and oxygen atoms in total. The van der Waals surface area contributed by atoms with E-state index in [0.29, 0.717) is 19.3 Å². The van der Waals surface area contributed by atoms with E-state index >= 15 is 0 Å². The Morgan fingerprint density at radius 3 is 0.844 bits per heavy atom. The van der Waals surface area contributed by atoms with Crippen LogP contribution in [0.5, 0.6) is 0 Å². The molecule has 1 unspecified atom stereocenters. The van der Waals surface area contributed by atoms with Gasteiger partial charge < -0.3 is 14.2 Å². The summed E-state index contributed by atoms with van der Waals surface area (Å²) in [7, 11) is 0. The zero-order valence-corrected chi connectivity index (χ0v) is 51.0. The van der Waals surface area contributed by atoms with Gasteiger partial charge in [0, 0.05) is 19.3 Å². The molecule has 0 spiro atoms. The maximum atomic E-state index is 12.9. The third kappa shape index (κ3) is 63.3. The smallest absolute Gasteiger partial charge is 0.306 e. The Bertz CT molecular complexity index is 1470. The molecule has 6 heteroatoms. The van der Waals surface area contributed by atoms with E-state index in [2.05, 4.69) is 106 Å². The van der Waals surface area contributed by atoms with Crippen molar-refractivity contribution >= 4 is 17.9 Å². The maximum absolute atomic E-state index is 12.9. The van der Waals surface area contributed by atoms with Crippen molar-refractivity contribution in [3.05, 3.63) is 85.1 Å². The van der Waals surface area contributed by atoms with Gasteiger partial charge in [-0.15, -0.1) is 0 Å². The predicted octanol–water partition coefficient (Wildman–Crippen LogP) is 22.7. The van der Waals surface area contributed by atoms with Gasteiger partial charge in [0.05, 0.1) is 0 Å². The van der Waals surface area contributed by atoms with Crippen LogP contribution in [0.15, 0.2) is 85.1 Å². The van der Waals surface area contributed by atoms with Crippen LogP contribution in [-0.2, 0) is 28.6 Å². The summed E-state index contributed by atoms with van der Waals surface area (Å²) in [4.78, 5) is 38.3. The minimum Gasteiger partial charge on any atom is -0.462 e. The van der Waals surface area contributed by atoms with Crippen LogP contribution in [0, 0.1) is 0 Å². The molecule has 444 valence electrons. The molecule has 0 aromatic heterocycles. The van der Waals surface area contributed by atoms with Crippen molar-refractivity contribution in [1.82, 2.24) is 0 Å². The van der Waals surface area contributed by atoms with Crippen LogP contribution in [0.4, 0.5) is 0 Å². The summed E-state index contributed by atoms with van der Waals surface area (Å²) >= 11 is 0. The van der Waals surface area contributed by atoms with Gasteiger partial charge in [-0.25, -0.2) is 0 Å². The average molecular weight is 1070 g/mol. The van der Waals surface area contributed by atoms with Crippen LogP contribution in [-0.4, -0.2) is 37.2 Å². The number of carbonyl (C=O) groups excluding carboxylic acids is 3. The fourth-order valence-electron chi connectivity index (χ4n) is 9.43. The average Bonchev–Trinajstić information content (AvgIpc) is 3.43. The van der Waals surface area contributed by atoms with E-state index in [1.54, 1.807) is 0 Å². The molecule has 0 heterocycles. The number of carbonyl (C=O) groups is 3. The standard InChI is InChI=1S/C71H124O6/c1-4-7-10-13-16-19-22-24-26-28-30-32-34-35-37-38-40-42-44-46-49-52-55-58-61-64-70(73)76-67-68(66-75-69(72)63-60-57-54-51-48-21-18-15-12-9-6-3)77-71(74)65-62-59-56-53-50-47-45-43-41-39-36-33-31-29-27-25-23-20-17-14-11-8-5-2/h7,10,15-16,18-19,24,26,30,32,35,37,40,42,68H,4-6,8-9,11-14,17,20-23,25,27-29,31,33-34,36,38-39,41,43-67H2,1-3H3/b10-7-,18-15-,19-16-,26-24-,32-30-,37-35-,42-40-. The molecule has 0 bridgehead atoms. The van der Waals surface area contributed by atoms with Crippen LogP contribution in [0.2, 0.25) is 0 Å². The molecule has 0 fully saturated rings. The maximum Gasteiger partial charge on any atom is 0.306 e. The number of rotatable bonds is 60. The summed E-state index contributed by atoms with van der Waals surface area (Å²) in [6.45, 7) is 6.51. The highest BCUT2D eigenvalue weighted by atomic mass is 16.6. The van der Waals surface area contributed by atoms with E-state index in [1.807, 2.05) is 0 Å². The second kappa shape index (κ2) is 65.1. The molecule has 0 aliphatic rings. The summed E-state index contributed by atoms with van der Waals surface area (Å²) in [6, 6.07) is 0. The van der Waals surface area contributed by atoms with Crippen molar-refractivity contribution in [2.45, 2.75) is 335 Å². The van der Waals surface area contributed by atoms with Crippen molar-refractivity contribution in [2.24, 2.45) is 0 Å². The number of allylic oxidation sites excluding steroid dienone is 14. The molecule has 0 aromatic carbocycles. The van der Waals surface area contributed by atoms with E-state index in [0.717, 1.165) is 116 Å². The molecular weight excluding hydrogens is 949 g/mol. The lowest BCUT2D eigenvalue weighted by Crippen LogP contribution is -2.30. The molecule has 1 atom stereocenters. The first kappa shape index (κ1) is 73.6. The Morgan fingerprint density at radius 1 is 0.273 bits per heavy atom. The van der Waals surface area contributed by atoms with Gasteiger partial charge >= 0.3 is 17.9 Å². The van der Waals surface area contributed by atoms with Crippen LogP contribution < -0.4 is 0 Å². The molecule has 0 amide bonds. The summed E-state index contributed by atoms with van der Waals surface area (Å²) in [5.41, 5.74) is 0. The first-order chi connectivity index (χ1) is 38.0. The first-order valence-corrected chi connectivity index (χ1v) is 33.1. The number of esters is 3. The molecule has 0 aliphatic carbocycles. The highest BCUT2D eigenvalue weighted by Crippen LogP contribution is 2.17. The van der Waals surface area contributed by atoms with Gasteiger partial charge in [0.1, 0.15) is 13.2 Å². The summed E-state index contributed by atoms with van der Waals surface area (Å²) < 4.78 is 16.9. The van der Waals surface area contributed by atoms with Crippen molar-refractivity contribution < 1.29 is 28.6 Å². The lowest BCUT2D eigenvalue weighted by atomic mass is 10.0. The molecule has 77 heavy (non-hydrogen) atoms. The second-order valence-corrected chi connectivity index (χ2v) is 22.0. The largest absolute Gasteiger partial charge is 0.462 e. The molecule has 0 radical (unpaired) electrons. The number of hydrogen-bond acceptors (Lipinski definition) is 6. The number of hydrogen-bond donors (Lipinski definition) is 0. The normalized spacial score (nSPS) is 12.6. The Balaban J connectivity index is 4.28. The van der Waals surface area contributed by atoms with Crippen LogP contribution in [0.25, 0.3) is 0 Å². The quantitative estimate of drug-likeness (QED) is 0.0261. The third-order valence-electron chi connectivity index (χ3n) is 14.4. The zero-order valence-electron chi connectivity index (χ0n) is 51.0. The Hall–Kier alpha value is -3.41. The monoisotopic (exact) mass is 1070 g/mol. The van der Waals surface area contributed by atoms with Gasteiger partial charge in [0.15, 0.2) is 6.10 Å². The van der Waals surface area contributed by atoms with Crippen LogP contribution >= 0.6 is 0 Å². The van der Waals surface area contributed by atoms with Gasteiger partial charge in [-0.2, -0.15) is 0 Å². The van der Waals surface area contributed by atoms with Gasteiger partial charge in [-0.3, -0.25) is 14.4 Å². The van der Waals surface area contributed by atoms with Crippen molar-refractivity contribution in [3.63, 3.8) is 0 Å². The van der Waals surface area contributed by atoms with Crippen molar-refractivity contribution in [2.75, 3.05) is 13.2 Å². The highest BCUT2D eigenvalue weighted by Gasteiger charge is 2.19. The summed E-state index contributed by atoms with van der Waals surface area (Å²) in [6.07, 6.45) is 86.0. The van der Waals surface area contributed by atoms with Gasteiger partial charge in [-0.05, 0) is 89.9 Å². The van der Waals surface area contributed by atoms with Gasteiger partial charge in [-0.1, -0.05) is 305 Å². The first-order valence-electron chi connectivity index (χ1n) is 33.1. The van der Waals surface area contributed by atoms with E-state index < -0.39 is 6.10 Å². The van der Waals surface area contributed by atoms with Crippen molar-refractivity contribution in [1.29, 1.82) is 0 Å². The van der Waals surface area contributed by atoms with Gasteiger partial charge in [0.25, 0.3) is 0 Å². The lowest BCUT2D eigenvalue weighted by molar-refractivity contribution is -0.167. The molecule has 0 rings (SSSR count). The highest BCUT2D eigenvalue weighted by molar-refractivity contribution is 5.71. The Kier molecular flexibility index (Phi) is 62.2. The summed E-state index contributed by atoms with van der Waals surface area (Å²) in [5, 5.41) is 0. The van der Waals surface area contributed by atoms with E-state index in [1.165, 1.54) is 173 Å². The topological polar surface area (TPSA) is 78.9 Å². The fourth-order valence-corrected chi connectivity index (χ4v) is 9.43. The SMILES string of the molecule is CC/C=C\C/C=C\C/C=C\C/C=C\C/C=C\C/C=C\CCCCCCCCC(=O)OCC(COC(=O)CCCCCCC/C=C\CCCC)OC(=O)CCCCCCCCCCCCCCCCCCCCCCCCC. The number of unbranched alkanes of at least 4 members (excludes halogenated alkanes) is 35. The molecular formula is C71H124O6. The number of ether oxygens (including phenoxy) is 3. The third-order valence-corrected chi connectivity index (χ3v) is 14.4. The molecule has 0 saturated heterocycles. The molecule has 0 aromatic rings. The molecule has 0 aliphatic heterocycles. The minimum atomic E-state index is -0.786. The Labute approximate surface area is 477 Å². The van der Waals surface area contributed by atoms with Crippen LogP contribution in [0.1, 0.15) is 329 Å². The minimum absolute atomic E-state index is 0.0831. The van der Waals surface area contributed by atoms with Crippen molar-refractivity contribution in [3.8, 4) is 0 Å².